The van der Waals surface area contributed by atoms with Gasteiger partial charge in [0.1, 0.15) is 0 Å². The minimum atomic E-state index is -0.463. The number of benzene rings is 2. The Kier molecular flexibility index (Phi) is 4.60. The average molecular weight is 379 g/mol. The number of aryl methyl sites for hydroxylation is 1. The summed E-state index contributed by atoms with van der Waals surface area (Å²) in [6.07, 6.45) is 0.368. The Morgan fingerprint density at radius 3 is 2.39 bits per heavy atom. The molecule has 3 aromatic rings. The number of imide groups is 1. The standard InChI is InChI=1S/C20H17N3O5/c1-12-21-16(28-22-12)11-27-17(24)9-4-10-23-19(25)14-7-2-5-13-6-3-8-15(18(13)14)20(23)26/h2-3,5-8H,4,9-11H2,1H3. The predicted molar refractivity (Wildman–Crippen MR) is 97.4 cm³/mol. The van der Waals surface area contributed by atoms with Crippen molar-refractivity contribution in [1.29, 1.82) is 0 Å². The average Bonchev–Trinajstić information content (AvgIpc) is 3.12. The van der Waals surface area contributed by atoms with Gasteiger partial charge in [-0.2, -0.15) is 4.98 Å². The molecule has 8 nitrogen and oxygen atoms in total. The van der Waals surface area contributed by atoms with E-state index in [9.17, 15) is 14.4 Å². The van der Waals surface area contributed by atoms with Crippen molar-refractivity contribution in [3.8, 4) is 0 Å². The number of aromatic nitrogens is 2. The Balaban J connectivity index is 1.38. The van der Waals surface area contributed by atoms with Crippen molar-refractivity contribution in [2.45, 2.75) is 26.4 Å². The quantitative estimate of drug-likeness (QED) is 0.479. The van der Waals surface area contributed by atoms with Gasteiger partial charge in [-0.3, -0.25) is 19.3 Å². The van der Waals surface area contributed by atoms with Crippen molar-refractivity contribution < 1.29 is 23.6 Å². The van der Waals surface area contributed by atoms with E-state index in [-0.39, 0.29) is 37.3 Å². The number of carbonyl (C=O) groups excluding carboxylic acids is 3. The minimum absolute atomic E-state index is 0.0655. The molecule has 0 N–H and O–H groups in total. The third kappa shape index (κ3) is 3.24. The fraction of sp³-hybridized carbons (Fsp3) is 0.250. The number of hydrogen-bond acceptors (Lipinski definition) is 7. The summed E-state index contributed by atoms with van der Waals surface area (Å²) in [4.78, 5) is 42.5. The first-order valence-corrected chi connectivity index (χ1v) is 8.87. The van der Waals surface area contributed by atoms with Gasteiger partial charge in [0, 0.05) is 29.5 Å². The number of rotatable bonds is 6. The molecular weight excluding hydrogens is 362 g/mol. The number of hydrogen-bond donors (Lipinski definition) is 0. The van der Waals surface area contributed by atoms with Gasteiger partial charge in [-0.1, -0.05) is 29.4 Å². The highest BCUT2D eigenvalue weighted by molar-refractivity contribution is 6.25. The Hall–Kier alpha value is -3.55. The van der Waals surface area contributed by atoms with E-state index in [1.807, 2.05) is 12.1 Å². The molecule has 142 valence electrons. The zero-order valence-electron chi connectivity index (χ0n) is 15.2. The van der Waals surface area contributed by atoms with E-state index in [1.54, 1.807) is 31.2 Å². The second kappa shape index (κ2) is 7.22. The molecule has 28 heavy (non-hydrogen) atoms. The van der Waals surface area contributed by atoms with Crippen LogP contribution < -0.4 is 0 Å². The van der Waals surface area contributed by atoms with E-state index in [1.165, 1.54) is 4.90 Å². The third-order valence-electron chi connectivity index (χ3n) is 4.54. The highest BCUT2D eigenvalue weighted by Gasteiger charge is 2.32. The minimum Gasteiger partial charge on any atom is -0.456 e. The van der Waals surface area contributed by atoms with Gasteiger partial charge in [0.2, 0.25) is 0 Å². The number of nitrogens with zero attached hydrogens (tertiary/aromatic N) is 3. The molecule has 1 aromatic heterocycles. The van der Waals surface area contributed by atoms with Gasteiger partial charge < -0.3 is 9.26 Å². The molecule has 2 amide bonds. The third-order valence-corrected chi connectivity index (χ3v) is 4.54. The molecule has 0 saturated carbocycles. The van der Waals surface area contributed by atoms with Gasteiger partial charge in [-0.15, -0.1) is 0 Å². The summed E-state index contributed by atoms with van der Waals surface area (Å²) < 4.78 is 9.93. The van der Waals surface area contributed by atoms with Crippen LogP contribution in [0.15, 0.2) is 40.9 Å². The lowest BCUT2D eigenvalue weighted by Crippen LogP contribution is -2.41. The molecular formula is C20H17N3O5. The number of ether oxygens (including phenoxy) is 1. The van der Waals surface area contributed by atoms with E-state index in [0.717, 1.165) is 5.39 Å². The van der Waals surface area contributed by atoms with E-state index in [2.05, 4.69) is 10.1 Å². The summed E-state index contributed by atoms with van der Waals surface area (Å²) in [6.45, 7) is 1.70. The molecule has 1 aliphatic heterocycles. The molecule has 8 heteroatoms. The maximum atomic E-state index is 12.8. The molecule has 2 aromatic carbocycles. The normalized spacial score (nSPS) is 13.2. The molecule has 1 aliphatic rings. The van der Waals surface area contributed by atoms with Crippen LogP contribution in [0, 0.1) is 6.92 Å². The van der Waals surface area contributed by atoms with Crippen LogP contribution in [0.2, 0.25) is 0 Å². The molecule has 0 spiro atoms. The molecule has 4 rings (SSSR count). The number of esters is 1. The second-order valence-corrected chi connectivity index (χ2v) is 6.47. The maximum absolute atomic E-state index is 12.8. The van der Waals surface area contributed by atoms with Crippen molar-refractivity contribution in [3.05, 3.63) is 59.2 Å². The van der Waals surface area contributed by atoms with Crippen LogP contribution in [0.3, 0.4) is 0 Å². The molecule has 0 unspecified atom stereocenters. The molecule has 0 saturated heterocycles. The van der Waals surface area contributed by atoms with Crippen LogP contribution in [0.25, 0.3) is 10.8 Å². The van der Waals surface area contributed by atoms with Crippen LogP contribution >= 0.6 is 0 Å². The van der Waals surface area contributed by atoms with Crippen LogP contribution in [0.4, 0.5) is 0 Å². The smallest absolute Gasteiger partial charge is 0.306 e. The maximum Gasteiger partial charge on any atom is 0.306 e. The van der Waals surface area contributed by atoms with Crippen LogP contribution in [0.5, 0.6) is 0 Å². The van der Waals surface area contributed by atoms with Gasteiger partial charge in [0.15, 0.2) is 12.4 Å². The Labute approximate surface area is 160 Å². The summed E-state index contributed by atoms with van der Waals surface area (Å²) in [6, 6.07) is 10.8. The van der Waals surface area contributed by atoms with E-state index in [0.29, 0.717) is 28.8 Å². The summed E-state index contributed by atoms with van der Waals surface area (Å²) in [7, 11) is 0. The highest BCUT2D eigenvalue weighted by atomic mass is 16.6. The fourth-order valence-corrected chi connectivity index (χ4v) is 3.28. The lowest BCUT2D eigenvalue weighted by Gasteiger charge is -2.27. The number of amides is 2. The van der Waals surface area contributed by atoms with Gasteiger partial charge in [0.25, 0.3) is 17.7 Å². The van der Waals surface area contributed by atoms with Crippen molar-refractivity contribution in [2.75, 3.05) is 6.54 Å². The molecule has 0 bridgehead atoms. The van der Waals surface area contributed by atoms with Crippen molar-refractivity contribution >= 4 is 28.6 Å². The second-order valence-electron chi connectivity index (χ2n) is 6.47. The Morgan fingerprint density at radius 1 is 1.11 bits per heavy atom. The summed E-state index contributed by atoms with van der Waals surface area (Å²) in [5.74, 6) is -0.469. The number of carbonyl (C=O) groups is 3. The van der Waals surface area contributed by atoms with Crippen molar-refractivity contribution in [2.24, 2.45) is 0 Å². The Bertz CT molecular complexity index is 1040. The zero-order valence-corrected chi connectivity index (χ0v) is 15.2. The van der Waals surface area contributed by atoms with E-state index >= 15 is 0 Å². The highest BCUT2D eigenvalue weighted by Crippen LogP contribution is 2.30. The van der Waals surface area contributed by atoms with Crippen LogP contribution in [0.1, 0.15) is 45.3 Å². The summed E-state index contributed by atoms with van der Waals surface area (Å²) >= 11 is 0. The predicted octanol–water partition coefficient (Wildman–Crippen LogP) is 2.65. The van der Waals surface area contributed by atoms with Gasteiger partial charge in [-0.05, 0) is 30.9 Å². The monoisotopic (exact) mass is 379 g/mol. The van der Waals surface area contributed by atoms with Gasteiger partial charge in [-0.25, -0.2) is 0 Å². The largest absolute Gasteiger partial charge is 0.456 e. The Morgan fingerprint density at radius 2 is 1.79 bits per heavy atom. The van der Waals surface area contributed by atoms with Crippen LogP contribution in [-0.2, 0) is 16.1 Å². The molecule has 0 fully saturated rings. The van der Waals surface area contributed by atoms with E-state index < -0.39 is 5.97 Å². The van der Waals surface area contributed by atoms with Gasteiger partial charge in [0.05, 0.1) is 0 Å². The topological polar surface area (TPSA) is 103 Å². The SMILES string of the molecule is Cc1noc(COC(=O)CCCN2C(=O)c3cccc4cccc(c34)C2=O)n1. The lowest BCUT2D eigenvalue weighted by atomic mass is 9.94. The van der Waals surface area contributed by atoms with Crippen molar-refractivity contribution in [1.82, 2.24) is 15.0 Å². The molecule has 2 heterocycles. The van der Waals surface area contributed by atoms with E-state index in [4.69, 9.17) is 9.26 Å². The fourth-order valence-electron chi connectivity index (χ4n) is 3.28. The molecule has 0 radical (unpaired) electrons. The summed E-state index contributed by atoms with van der Waals surface area (Å²) in [5.41, 5.74) is 1.00. The summed E-state index contributed by atoms with van der Waals surface area (Å²) in [5, 5.41) is 5.15. The zero-order chi connectivity index (χ0) is 19.7. The lowest BCUT2D eigenvalue weighted by molar-refractivity contribution is -0.145. The first-order chi connectivity index (χ1) is 13.5. The first kappa shape index (κ1) is 17.8. The van der Waals surface area contributed by atoms with Crippen LogP contribution in [-0.4, -0.2) is 39.4 Å². The molecule has 0 aliphatic carbocycles. The first-order valence-electron chi connectivity index (χ1n) is 8.87. The molecule has 0 atom stereocenters. The van der Waals surface area contributed by atoms with Gasteiger partial charge >= 0.3 is 5.97 Å². The van der Waals surface area contributed by atoms with Crippen molar-refractivity contribution in [3.63, 3.8) is 0 Å².